The van der Waals surface area contributed by atoms with Crippen LogP contribution >= 0.6 is 0 Å². The molecule has 1 rings (SSSR count). The lowest BCUT2D eigenvalue weighted by molar-refractivity contribution is -0.275. The van der Waals surface area contributed by atoms with Gasteiger partial charge in [-0.05, 0) is 6.92 Å². The summed E-state index contributed by atoms with van der Waals surface area (Å²) < 4.78 is 82.2. The summed E-state index contributed by atoms with van der Waals surface area (Å²) in [7, 11) is 0. The molecule has 0 unspecified atom stereocenters. The molecular weight excluding hydrogens is 324 g/mol. The Kier molecular flexibility index (Phi) is 5.09. The van der Waals surface area contributed by atoms with Crippen molar-refractivity contribution in [3.8, 4) is 11.5 Å². The molecule has 0 aromatic carbocycles. The Balaban J connectivity index is 3.30. The number of carbonyl (C=O) groups is 1. The van der Waals surface area contributed by atoms with Crippen LogP contribution in [0.15, 0.2) is 6.07 Å². The largest absolute Gasteiger partial charge is 0.573 e. The zero-order valence-corrected chi connectivity index (χ0v) is 10.9. The van der Waals surface area contributed by atoms with Crippen molar-refractivity contribution in [2.75, 3.05) is 6.61 Å². The zero-order chi connectivity index (χ0) is 17.1. The molecule has 124 valence electrons. The van der Waals surface area contributed by atoms with E-state index in [9.17, 15) is 31.1 Å². The van der Waals surface area contributed by atoms with E-state index in [1.54, 1.807) is 0 Å². The molecule has 0 atom stereocenters. The number of rotatable bonds is 4. The molecule has 0 aliphatic heterocycles. The number of ether oxygens (including phenoxy) is 2. The number of hydrogen-bond donors (Lipinski definition) is 1. The molecule has 0 saturated carbocycles. The van der Waals surface area contributed by atoms with Gasteiger partial charge < -0.3 is 14.6 Å². The summed E-state index contributed by atoms with van der Waals surface area (Å²) >= 11 is 0. The van der Waals surface area contributed by atoms with E-state index >= 15 is 0 Å². The van der Waals surface area contributed by atoms with Crippen molar-refractivity contribution in [3.63, 3.8) is 0 Å². The maximum atomic E-state index is 12.6. The number of hydrogen-bond acceptors (Lipinski definition) is 5. The first-order valence-corrected chi connectivity index (χ1v) is 5.65. The van der Waals surface area contributed by atoms with Gasteiger partial charge in [-0.15, -0.1) is 13.2 Å². The summed E-state index contributed by atoms with van der Waals surface area (Å²) in [6.07, 6.45) is -11.3. The number of pyridine rings is 1. The van der Waals surface area contributed by atoms with Gasteiger partial charge >= 0.3 is 18.5 Å². The summed E-state index contributed by atoms with van der Waals surface area (Å²) in [5.74, 6) is -3.87. The molecule has 11 heteroatoms. The van der Waals surface area contributed by atoms with Gasteiger partial charge in [-0.2, -0.15) is 13.2 Å². The molecule has 0 amide bonds. The van der Waals surface area contributed by atoms with Crippen molar-refractivity contribution in [3.05, 3.63) is 17.5 Å². The molecule has 1 N–H and O–H groups in total. The summed E-state index contributed by atoms with van der Waals surface area (Å²) in [5, 5.41) is 9.14. The number of aromatic hydroxyl groups is 1. The third-order valence-corrected chi connectivity index (χ3v) is 2.15. The summed E-state index contributed by atoms with van der Waals surface area (Å²) in [4.78, 5) is 14.1. The van der Waals surface area contributed by atoms with Crippen LogP contribution in [0, 0.1) is 0 Å². The van der Waals surface area contributed by atoms with Gasteiger partial charge in [0, 0.05) is 6.07 Å². The number of esters is 1. The molecule has 0 saturated heterocycles. The fourth-order valence-corrected chi connectivity index (χ4v) is 1.42. The van der Waals surface area contributed by atoms with Gasteiger partial charge in [0.2, 0.25) is 0 Å². The maximum Gasteiger partial charge on any atom is 0.573 e. The fraction of sp³-hybridized carbons (Fsp3) is 0.455. The molecule has 0 spiro atoms. The molecular formula is C11H9F6NO4. The highest BCUT2D eigenvalue weighted by molar-refractivity contribution is 5.73. The Hall–Kier alpha value is -2.20. The summed E-state index contributed by atoms with van der Waals surface area (Å²) in [5.41, 5.74) is -2.79. The Morgan fingerprint density at radius 1 is 1.27 bits per heavy atom. The molecule has 5 nitrogen and oxygen atoms in total. The number of nitrogens with zero attached hydrogens (tertiary/aromatic N) is 1. The van der Waals surface area contributed by atoms with Crippen LogP contribution in [-0.2, 0) is 22.1 Å². The highest BCUT2D eigenvalue weighted by Gasteiger charge is 2.39. The lowest BCUT2D eigenvalue weighted by Gasteiger charge is -2.15. The molecule has 0 fully saturated rings. The van der Waals surface area contributed by atoms with E-state index < -0.39 is 47.8 Å². The van der Waals surface area contributed by atoms with Crippen molar-refractivity contribution >= 4 is 5.97 Å². The van der Waals surface area contributed by atoms with E-state index in [1.807, 2.05) is 0 Å². The highest BCUT2D eigenvalue weighted by atomic mass is 19.4. The second-order valence-corrected chi connectivity index (χ2v) is 3.83. The van der Waals surface area contributed by atoms with Gasteiger partial charge in [0.05, 0.1) is 18.7 Å². The third-order valence-electron chi connectivity index (χ3n) is 2.15. The van der Waals surface area contributed by atoms with Crippen LogP contribution in [-0.4, -0.2) is 29.0 Å². The molecule has 0 radical (unpaired) electrons. The van der Waals surface area contributed by atoms with Crippen molar-refractivity contribution in [2.24, 2.45) is 0 Å². The van der Waals surface area contributed by atoms with Gasteiger partial charge in [-0.1, -0.05) is 0 Å². The second kappa shape index (κ2) is 6.28. The smallest absolute Gasteiger partial charge is 0.506 e. The van der Waals surface area contributed by atoms with Gasteiger partial charge in [-0.3, -0.25) is 4.79 Å². The lowest BCUT2D eigenvalue weighted by atomic mass is 10.2. The lowest BCUT2D eigenvalue weighted by Crippen LogP contribution is -2.21. The first kappa shape index (κ1) is 17.9. The van der Waals surface area contributed by atoms with E-state index in [0.717, 1.165) is 0 Å². The van der Waals surface area contributed by atoms with E-state index in [0.29, 0.717) is 0 Å². The predicted molar refractivity (Wildman–Crippen MR) is 57.9 cm³/mol. The Morgan fingerprint density at radius 2 is 1.86 bits per heavy atom. The Labute approximate surface area is 119 Å². The fourth-order valence-electron chi connectivity index (χ4n) is 1.42. The number of carbonyl (C=O) groups excluding carboxylic acids is 1. The third kappa shape index (κ3) is 4.97. The van der Waals surface area contributed by atoms with Gasteiger partial charge in [0.15, 0.2) is 11.4 Å². The van der Waals surface area contributed by atoms with Crippen LogP contribution in [0.1, 0.15) is 18.3 Å². The Bertz CT molecular complexity index is 555. The molecule has 1 heterocycles. The molecule has 0 bridgehead atoms. The van der Waals surface area contributed by atoms with Crippen LogP contribution < -0.4 is 4.74 Å². The van der Waals surface area contributed by atoms with Gasteiger partial charge in [-0.25, -0.2) is 4.98 Å². The number of alkyl halides is 6. The normalized spacial score (nSPS) is 12.1. The molecule has 0 aliphatic carbocycles. The van der Waals surface area contributed by atoms with Crippen LogP contribution in [0.25, 0.3) is 0 Å². The maximum absolute atomic E-state index is 12.6. The van der Waals surface area contributed by atoms with Crippen LogP contribution in [0.3, 0.4) is 0 Å². The molecule has 1 aromatic heterocycles. The minimum Gasteiger partial charge on any atom is -0.506 e. The first-order valence-electron chi connectivity index (χ1n) is 5.65. The van der Waals surface area contributed by atoms with Gasteiger partial charge in [0.25, 0.3) is 0 Å². The van der Waals surface area contributed by atoms with Crippen molar-refractivity contribution < 1.29 is 45.7 Å². The topological polar surface area (TPSA) is 68.7 Å². The molecule has 0 aliphatic rings. The standard InChI is InChI=1S/C11H9F6NO4/c1-2-21-8(20)3-5-7(22-11(15,16)17)4-6(19)9(18-5)10(12,13)14/h4,19H,2-3H2,1H3. The minimum absolute atomic E-state index is 0.0951. The minimum atomic E-state index is -5.24. The molecule has 22 heavy (non-hydrogen) atoms. The van der Waals surface area contributed by atoms with E-state index in [1.165, 1.54) is 6.92 Å². The van der Waals surface area contributed by atoms with E-state index in [4.69, 9.17) is 5.11 Å². The van der Waals surface area contributed by atoms with Crippen LogP contribution in [0.5, 0.6) is 11.5 Å². The predicted octanol–water partition coefficient (Wildman–Crippen LogP) is 2.81. The molecule has 1 aromatic rings. The zero-order valence-electron chi connectivity index (χ0n) is 10.9. The Morgan fingerprint density at radius 3 is 2.32 bits per heavy atom. The van der Waals surface area contributed by atoms with E-state index in [2.05, 4.69) is 14.5 Å². The van der Waals surface area contributed by atoms with Crippen molar-refractivity contribution in [1.82, 2.24) is 4.98 Å². The SMILES string of the molecule is CCOC(=O)Cc1nc(C(F)(F)F)c(O)cc1OC(F)(F)F. The van der Waals surface area contributed by atoms with Crippen molar-refractivity contribution in [2.45, 2.75) is 25.9 Å². The van der Waals surface area contributed by atoms with Crippen LogP contribution in [0.4, 0.5) is 26.3 Å². The summed E-state index contributed by atoms with van der Waals surface area (Å²) in [6, 6.07) is 0.0951. The van der Waals surface area contributed by atoms with Crippen LogP contribution in [0.2, 0.25) is 0 Å². The van der Waals surface area contributed by atoms with Gasteiger partial charge in [0.1, 0.15) is 5.75 Å². The summed E-state index contributed by atoms with van der Waals surface area (Å²) in [6.45, 7) is 1.27. The average molecular weight is 333 g/mol. The van der Waals surface area contributed by atoms with Crippen molar-refractivity contribution in [1.29, 1.82) is 0 Å². The quantitative estimate of drug-likeness (QED) is 0.678. The average Bonchev–Trinajstić information content (AvgIpc) is 2.29. The monoisotopic (exact) mass is 333 g/mol. The number of aromatic nitrogens is 1. The second-order valence-electron chi connectivity index (χ2n) is 3.83. The van der Waals surface area contributed by atoms with E-state index in [-0.39, 0.29) is 12.7 Å². The highest BCUT2D eigenvalue weighted by Crippen LogP contribution is 2.38. The first-order chi connectivity index (χ1) is 9.94. The number of halogens is 6.